The molecule has 0 unspecified atom stereocenters. The van der Waals surface area contributed by atoms with Crippen LogP contribution in [-0.2, 0) is 11.3 Å². The maximum absolute atomic E-state index is 12.6. The van der Waals surface area contributed by atoms with E-state index in [4.69, 9.17) is 8.83 Å². The molecule has 1 N–H and O–H groups in total. The van der Waals surface area contributed by atoms with Gasteiger partial charge >= 0.3 is 0 Å². The number of nitrogens with zero attached hydrogens (tertiary/aromatic N) is 4. The fraction of sp³-hybridized carbons (Fsp3) is 0.130. The van der Waals surface area contributed by atoms with Gasteiger partial charge in [-0.1, -0.05) is 35.5 Å². The molecule has 0 radical (unpaired) electrons. The number of aryl methyl sites for hydroxylation is 1. The Labute approximate surface area is 197 Å². The zero-order valence-electron chi connectivity index (χ0n) is 17.6. The summed E-state index contributed by atoms with van der Waals surface area (Å²) in [5.74, 6) is 2.16. The quantitative estimate of drug-likeness (QED) is 0.301. The van der Waals surface area contributed by atoms with Crippen LogP contribution >= 0.6 is 23.1 Å². The molecular weight excluding hydrogens is 458 g/mol. The topological polar surface area (TPSA) is 99.0 Å². The van der Waals surface area contributed by atoms with Gasteiger partial charge in [0.1, 0.15) is 11.5 Å². The van der Waals surface area contributed by atoms with Crippen molar-refractivity contribution in [3.8, 4) is 22.8 Å². The van der Waals surface area contributed by atoms with Crippen molar-refractivity contribution >= 4 is 34.1 Å². The third kappa shape index (κ3) is 4.91. The van der Waals surface area contributed by atoms with E-state index in [0.29, 0.717) is 28.3 Å². The molecule has 5 aromatic rings. The van der Waals surface area contributed by atoms with Gasteiger partial charge in [0.15, 0.2) is 21.9 Å². The third-order valence-electron chi connectivity index (χ3n) is 4.74. The summed E-state index contributed by atoms with van der Waals surface area (Å²) in [4.78, 5) is 17.0. The molecule has 0 fully saturated rings. The van der Waals surface area contributed by atoms with Crippen molar-refractivity contribution in [3.63, 3.8) is 0 Å². The van der Waals surface area contributed by atoms with Gasteiger partial charge in [-0.25, -0.2) is 4.98 Å². The monoisotopic (exact) mass is 477 g/mol. The van der Waals surface area contributed by atoms with E-state index >= 15 is 0 Å². The number of carbonyl (C=O) groups is 1. The van der Waals surface area contributed by atoms with Crippen LogP contribution in [0.5, 0.6) is 0 Å². The Bertz CT molecular complexity index is 1360. The van der Waals surface area contributed by atoms with Crippen molar-refractivity contribution in [2.24, 2.45) is 0 Å². The molecule has 0 aliphatic carbocycles. The highest BCUT2D eigenvalue weighted by molar-refractivity contribution is 7.99. The van der Waals surface area contributed by atoms with Gasteiger partial charge in [0, 0.05) is 10.9 Å². The fourth-order valence-corrected chi connectivity index (χ4v) is 4.70. The van der Waals surface area contributed by atoms with Crippen molar-refractivity contribution in [2.75, 3.05) is 11.1 Å². The van der Waals surface area contributed by atoms with Gasteiger partial charge < -0.3 is 14.2 Å². The molecule has 166 valence electrons. The lowest BCUT2D eigenvalue weighted by Gasteiger charge is -2.09. The summed E-state index contributed by atoms with van der Waals surface area (Å²) in [6.07, 6.45) is 3.23. The normalized spacial score (nSPS) is 11.1. The van der Waals surface area contributed by atoms with Gasteiger partial charge in [-0.2, -0.15) is 0 Å². The van der Waals surface area contributed by atoms with Crippen LogP contribution < -0.4 is 5.32 Å². The summed E-state index contributed by atoms with van der Waals surface area (Å²) >= 11 is 2.66. The first-order chi connectivity index (χ1) is 16.2. The molecule has 0 aliphatic rings. The van der Waals surface area contributed by atoms with E-state index in [2.05, 4.69) is 26.6 Å². The van der Waals surface area contributed by atoms with Crippen LogP contribution in [0.4, 0.5) is 5.13 Å². The summed E-state index contributed by atoms with van der Waals surface area (Å²) in [5, 5.41) is 14.6. The Balaban J connectivity index is 1.31. The molecule has 33 heavy (non-hydrogen) atoms. The maximum atomic E-state index is 12.6. The van der Waals surface area contributed by atoms with Gasteiger partial charge in [-0.15, -0.1) is 21.5 Å². The summed E-state index contributed by atoms with van der Waals surface area (Å²) in [7, 11) is 0. The van der Waals surface area contributed by atoms with Crippen molar-refractivity contribution in [1.29, 1.82) is 0 Å². The maximum Gasteiger partial charge on any atom is 0.236 e. The van der Waals surface area contributed by atoms with Crippen LogP contribution in [0.25, 0.3) is 22.8 Å². The lowest BCUT2D eigenvalue weighted by Crippen LogP contribution is -2.14. The van der Waals surface area contributed by atoms with E-state index < -0.39 is 0 Å². The van der Waals surface area contributed by atoms with Crippen molar-refractivity contribution in [2.45, 2.75) is 18.6 Å². The van der Waals surface area contributed by atoms with Gasteiger partial charge in [0.2, 0.25) is 5.91 Å². The smallest absolute Gasteiger partial charge is 0.236 e. The molecule has 0 aliphatic heterocycles. The molecule has 0 spiro atoms. The molecule has 0 saturated carbocycles. The second-order valence-corrected chi connectivity index (χ2v) is 8.99. The summed E-state index contributed by atoms with van der Waals surface area (Å²) < 4.78 is 12.8. The fourth-order valence-electron chi connectivity index (χ4n) is 3.25. The zero-order chi connectivity index (χ0) is 22.6. The lowest BCUT2D eigenvalue weighted by molar-refractivity contribution is -0.113. The first-order valence-electron chi connectivity index (χ1n) is 10.1. The molecule has 4 heterocycles. The number of hydrogen-bond acceptors (Lipinski definition) is 8. The first kappa shape index (κ1) is 21.2. The molecule has 0 bridgehead atoms. The van der Waals surface area contributed by atoms with Crippen LogP contribution in [0.1, 0.15) is 11.3 Å². The second-order valence-electron chi connectivity index (χ2n) is 7.19. The predicted molar refractivity (Wildman–Crippen MR) is 127 cm³/mol. The molecule has 1 aromatic carbocycles. The van der Waals surface area contributed by atoms with Gasteiger partial charge in [0.05, 0.1) is 24.8 Å². The number of thiazole rings is 1. The summed E-state index contributed by atoms with van der Waals surface area (Å²) in [6.45, 7) is 2.50. The minimum absolute atomic E-state index is 0.166. The van der Waals surface area contributed by atoms with Crippen LogP contribution in [0.15, 0.2) is 80.4 Å². The molecular formula is C23H19N5O3S2. The largest absolute Gasteiger partial charge is 0.467 e. The van der Waals surface area contributed by atoms with E-state index in [1.54, 1.807) is 18.6 Å². The zero-order valence-corrected chi connectivity index (χ0v) is 19.2. The van der Waals surface area contributed by atoms with E-state index in [0.717, 1.165) is 22.7 Å². The third-order valence-corrected chi connectivity index (χ3v) is 6.47. The average molecular weight is 478 g/mol. The number of aromatic nitrogens is 4. The minimum Gasteiger partial charge on any atom is -0.467 e. The summed E-state index contributed by atoms with van der Waals surface area (Å²) in [5.41, 5.74) is 2.78. The molecule has 4 aromatic heterocycles. The van der Waals surface area contributed by atoms with E-state index in [-0.39, 0.29) is 11.7 Å². The summed E-state index contributed by atoms with van der Waals surface area (Å²) in [6, 6.07) is 15.5. The highest BCUT2D eigenvalue weighted by Gasteiger charge is 2.18. The molecule has 0 atom stereocenters. The number of anilines is 1. The lowest BCUT2D eigenvalue weighted by atomic mass is 10.1. The minimum atomic E-state index is -0.176. The number of hydrogen-bond donors (Lipinski definition) is 1. The van der Waals surface area contributed by atoms with Crippen molar-refractivity contribution < 1.29 is 13.6 Å². The second kappa shape index (κ2) is 9.47. The SMILES string of the molecule is Cc1cccc(-c2nnc(SCC(=O)Nc3nc(-c4ccco4)cs3)n2Cc2ccco2)c1. The standard InChI is InChI=1S/C23H19N5O3S2/c1-15-5-2-6-16(11-15)21-26-27-23(28(21)12-17-7-3-9-30-17)33-14-20(29)25-22-24-18(13-32-22)19-8-4-10-31-19/h2-11,13H,12,14H2,1H3,(H,24,25,29). The molecule has 5 rings (SSSR count). The van der Waals surface area contributed by atoms with Gasteiger partial charge in [-0.3, -0.25) is 9.36 Å². The molecule has 10 heteroatoms. The van der Waals surface area contributed by atoms with Crippen molar-refractivity contribution in [1.82, 2.24) is 19.7 Å². The first-order valence-corrected chi connectivity index (χ1v) is 12.0. The Morgan fingerprint density at radius 1 is 1.12 bits per heavy atom. The number of nitrogens with one attached hydrogen (secondary N) is 1. The molecule has 0 saturated heterocycles. The average Bonchev–Trinajstić information content (AvgIpc) is 3.60. The Morgan fingerprint density at radius 2 is 2.00 bits per heavy atom. The number of furan rings is 2. The van der Waals surface area contributed by atoms with Crippen LogP contribution in [0, 0.1) is 6.92 Å². The Kier molecular flexibility index (Phi) is 6.09. The number of thioether (sulfide) groups is 1. The van der Waals surface area contributed by atoms with Crippen LogP contribution in [0.2, 0.25) is 0 Å². The highest BCUT2D eigenvalue weighted by Crippen LogP contribution is 2.27. The number of benzene rings is 1. The Morgan fingerprint density at radius 3 is 2.79 bits per heavy atom. The van der Waals surface area contributed by atoms with E-state index in [1.165, 1.54) is 23.1 Å². The van der Waals surface area contributed by atoms with E-state index in [1.807, 2.05) is 53.3 Å². The molecule has 1 amide bonds. The van der Waals surface area contributed by atoms with Gasteiger partial charge in [-0.05, 0) is 37.3 Å². The number of carbonyl (C=O) groups excluding carboxylic acids is 1. The van der Waals surface area contributed by atoms with Crippen LogP contribution in [-0.4, -0.2) is 31.4 Å². The Hall–Kier alpha value is -3.63. The number of amides is 1. The van der Waals surface area contributed by atoms with Crippen LogP contribution in [0.3, 0.4) is 0 Å². The van der Waals surface area contributed by atoms with Gasteiger partial charge in [0.25, 0.3) is 0 Å². The number of rotatable bonds is 8. The highest BCUT2D eigenvalue weighted by atomic mass is 32.2. The predicted octanol–water partition coefficient (Wildman–Crippen LogP) is 5.34. The van der Waals surface area contributed by atoms with E-state index in [9.17, 15) is 4.79 Å². The van der Waals surface area contributed by atoms with Crippen molar-refractivity contribution in [3.05, 3.63) is 77.8 Å². The molecule has 8 nitrogen and oxygen atoms in total.